The summed E-state index contributed by atoms with van der Waals surface area (Å²) < 4.78 is 0. The minimum atomic E-state index is 0.0813. The van der Waals surface area contributed by atoms with E-state index in [0.717, 1.165) is 6.42 Å². The van der Waals surface area contributed by atoms with Crippen LogP contribution in [-0.4, -0.2) is 17.8 Å². The molecule has 0 rings (SSSR count). The van der Waals surface area contributed by atoms with Crippen molar-refractivity contribution in [2.45, 2.75) is 40.2 Å². The molecule has 0 radical (unpaired) electrons. The number of carbonyl (C=O) groups is 1. The highest BCUT2D eigenvalue weighted by Crippen LogP contribution is 2.09. The molecule has 0 aromatic carbocycles. The summed E-state index contributed by atoms with van der Waals surface area (Å²) in [4.78, 5) is 11.5. The topological polar surface area (TPSA) is 29.1 Å². The zero-order chi connectivity index (χ0) is 10.4. The molecule has 2 unspecified atom stereocenters. The van der Waals surface area contributed by atoms with Crippen LogP contribution in [0.5, 0.6) is 0 Å². The second kappa shape index (κ2) is 6.25. The first kappa shape index (κ1) is 12.8. The minimum Gasteiger partial charge on any atom is -0.353 e. The van der Waals surface area contributed by atoms with Gasteiger partial charge in [-0.25, -0.2) is 0 Å². The number of hydrogen-bond donors (Lipinski definition) is 1. The van der Waals surface area contributed by atoms with Crippen LogP contribution in [0.3, 0.4) is 0 Å². The molecule has 78 valence electrons. The summed E-state index contributed by atoms with van der Waals surface area (Å²) >= 11 is 5.57. The Hall–Kier alpha value is -0.240. The van der Waals surface area contributed by atoms with Crippen LogP contribution >= 0.6 is 11.6 Å². The number of nitrogens with one attached hydrogen (secondary N) is 1. The maximum atomic E-state index is 11.5. The summed E-state index contributed by atoms with van der Waals surface area (Å²) in [7, 11) is 0. The Bertz CT molecular complexity index is 159. The van der Waals surface area contributed by atoms with Gasteiger partial charge in [0.15, 0.2) is 0 Å². The SMILES string of the molecule is CC(CCCl)NC(=O)C(C)C(C)C. The van der Waals surface area contributed by atoms with Gasteiger partial charge in [-0.05, 0) is 19.3 Å². The Balaban J connectivity index is 3.85. The van der Waals surface area contributed by atoms with E-state index in [4.69, 9.17) is 11.6 Å². The van der Waals surface area contributed by atoms with Gasteiger partial charge in [0.25, 0.3) is 0 Å². The fourth-order valence-corrected chi connectivity index (χ4v) is 1.24. The fourth-order valence-electron chi connectivity index (χ4n) is 0.913. The van der Waals surface area contributed by atoms with E-state index in [1.807, 2.05) is 13.8 Å². The van der Waals surface area contributed by atoms with Crippen LogP contribution in [0, 0.1) is 11.8 Å². The fraction of sp³-hybridized carbons (Fsp3) is 0.900. The number of amides is 1. The molecule has 0 fully saturated rings. The van der Waals surface area contributed by atoms with Crippen molar-refractivity contribution >= 4 is 17.5 Å². The monoisotopic (exact) mass is 205 g/mol. The predicted molar refractivity (Wildman–Crippen MR) is 56.9 cm³/mol. The van der Waals surface area contributed by atoms with Gasteiger partial charge in [0, 0.05) is 17.8 Å². The molecule has 0 aliphatic carbocycles. The molecule has 0 bridgehead atoms. The third-order valence-electron chi connectivity index (χ3n) is 2.34. The van der Waals surface area contributed by atoms with Crippen LogP contribution in [0.25, 0.3) is 0 Å². The van der Waals surface area contributed by atoms with Crippen molar-refractivity contribution in [3.8, 4) is 0 Å². The average Bonchev–Trinajstić information content (AvgIpc) is 2.03. The van der Waals surface area contributed by atoms with Gasteiger partial charge in [-0.15, -0.1) is 11.6 Å². The van der Waals surface area contributed by atoms with E-state index in [2.05, 4.69) is 19.2 Å². The lowest BCUT2D eigenvalue weighted by Crippen LogP contribution is -2.38. The molecule has 0 aromatic heterocycles. The Kier molecular flexibility index (Phi) is 6.13. The first-order valence-electron chi connectivity index (χ1n) is 4.85. The second-order valence-corrected chi connectivity index (χ2v) is 4.30. The molecule has 0 aliphatic heterocycles. The molecule has 1 N–H and O–H groups in total. The molecule has 1 amide bonds. The van der Waals surface area contributed by atoms with E-state index in [1.165, 1.54) is 0 Å². The maximum absolute atomic E-state index is 11.5. The molecule has 0 saturated carbocycles. The predicted octanol–water partition coefficient (Wildman–Crippen LogP) is 2.41. The van der Waals surface area contributed by atoms with Crippen LogP contribution in [0.2, 0.25) is 0 Å². The van der Waals surface area contributed by atoms with E-state index >= 15 is 0 Å². The van der Waals surface area contributed by atoms with Gasteiger partial charge in [0.2, 0.25) is 5.91 Å². The Labute approximate surface area is 86.0 Å². The Morgan fingerprint density at radius 3 is 2.23 bits per heavy atom. The summed E-state index contributed by atoms with van der Waals surface area (Å²) in [6.07, 6.45) is 0.831. The molecule has 0 aliphatic rings. The number of carbonyl (C=O) groups excluding carboxylic acids is 1. The highest BCUT2D eigenvalue weighted by molar-refractivity contribution is 6.17. The average molecular weight is 206 g/mol. The molecular formula is C10H20ClNO. The van der Waals surface area contributed by atoms with Crippen molar-refractivity contribution in [1.29, 1.82) is 0 Å². The van der Waals surface area contributed by atoms with Crippen molar-refractivity contribution in [3.63, 3.8) is 0 Å². The standard InChI is InChI=1S/C10H20ClNO/c1-7(2)9(4)10(13)12-8(3)5-6-11/h7-9H,5-6H2,1-4H3,(H,12,13). The van der Waals surface area contributed by atoms with E-state index in [-0.39, 0.29) is 17.9 Å². The van der Waals surface area contributed by atoms with Crippen LogP contribution in [-0.2, 0) is 4.79 Å². The van der Waals surface area contributed by atoms with E-state index in [9.17, 15) is 4.79 Å². The second-order valence-electron chi connectivity index (χ2n) is 3.92. The molecule has 0 aromatic rings. The number of rotatable bonds is 5. The van der Waals surface area contributed by atoms with Crippen LogP contribution in [0.15, 0.2) is 0 Å². The largest absolute Gasteiger partial charge is 0.353 e. The summed E-state index contributed by atoms with van der Waals surface area (Å²) in [5, 5.41) is 2.94. The molecule has 2 nitrogen and oxygen atoms in total. The van der Waals surface area contributed by atoms with Gasteiger partial charge < -0.3 is 5.32 Å². The van der Waals surface area contributed by atoms with Gasteiger partial charge in [-0.2, -0.15) is 0 Å². The highest BCUT2D eigenvalue weighted by Gasteiger charge is 2.17. The quantitative estimate of drug-likeness (QED) is 0.687. The summed E-state index contributed by atoms with van der Waals surface area (Å²) in [5.41, 5.74) is 0. The van der Waals surface area contributed by atoms with Crippen molar-refractivity contribution < 1.29 is 4.79 Å². The Morgan fingerprint density at radius 1 is 1.31 bits per heavy atom. The molecule has 0 saturated heterocycles. The van der Waals surface area contributed by atoms with Crippen LogP contribution in [0.1, 0.15) is 34.1 Å². The van der Waals surface area contributed by atoms with Gasteiger partial charge in [0.1, 0.15) is 0 Å². The molecule has 0 spiro atoms. The summed E-state index contributed by atoms with van der Waals surface area (Å²) in [5.74, 6) is 1.20. The summed E-state index contributed by atoms with van der Waals surface area (Å²) in [6, 6.07) is 0.186. The van der Waals surface area contributed by atoms with E-state index in [1.54, 1.807) is 0 Å². The lowest BCUT2D eigenvalue weighted by molar-refractivity contribution is -0.126. The van der Waals surface area contributed by atoms with E-state index in [0.29, 0.717) is 11.8 Å². The van der Waals surface area contributed by atoms with Gasteiger partial charge in [-0.1, -0.05) is 20.8 Å². The zero-order valence-corrected chi connectivity index (χ0v) is 9.69. The lowest BCUT2D eigenvalue weighted by atomic mass is 9.97. The lowest BCUT2D eigenvalue weighted by Gasteiger charge is -2.18. The number of alkyl halides is 1. The normalized spacial score (nSPS) is 15.5. The molecule has 2 atom stereocenters. The third kappa shape index (κ3) is 5.14. The van der Waals surface area contributed by atoms with Crippen molar-refractivity contribution in [1.82, 2.24) is 5.32 Å². The van der Waals surface area contributed by atoms with Crippen LogP contribution in [0.4, 0.5) is 0 Å². The third-order valence-corrected chi connectivity index (χ3v) is 2.56. The first-order chi connectivity index (χ1) is 5.99. The Morgan fingerprint density at radius 2 is 1.85 bits per heavy atom. The minimum absolute atomic E-state index is 0.0813. The molecule has 3 heteroatoms. The molecule has 13 heavy (non-hydrogen) atoms. The van der Waals surface area contributed by atoms with Gasteiger partial charge >= 0.3 is 0 Å². The zero-order valence-electron chi connectivity index (χ0n) is 8.93. The highest BCUT2D eigenvalue weighted by atomic mass is 35.5. The van der Waals surface area contributed by atoms with Gasteiger partial charge in [-0.3, -0.25) is 4.79 Å². The maximum Gasteiger partial charge on any atom is 0.223 e. The van der Waals surface area contributed by atoms with Crippen molar-refractivity contribution in [2.24, 2.45) is 11.8 Å². The first-order valence-corrected chi connectivity index (χ1v) is 5.38. The molecule has 0 heterocycles. The van der Waals surface area contributed by atoms with Gasteiger partial charge in [0.05, 0.1) is 0 Å². The van der Waals surface area contributed by atoms with Crippen molar-refractivity contribution in [2.75, 3.05) is 5.88 Å². The smallest absolute Gasteiger partial charge is 0.223 e. The van der Waals surface area contributed by atoms with Crippen molar-refractivity contribution in [3.05, 3.63) is 0 Å². The number of halogens is 1. The van der Waals surface area contributed by atoms with Crippen LogP contribution < -0.4 is 5.32 Å². The molecular weight excluding hydrogens is 186 g/mol. The summed E-state index contributed by atoms with van der Waals surface area (Å²) in [6.45, 7) is 8.04. The number of hydrogen-bond acceptors (Lipinski definition) is 1. The van der Waals surface area contributed by atoms with E-state index < -0.39 is 0 Å².